The largest absolute Gasteiger partial charge is 0.285 e. The number of pyridine rings is 1. The van der Waals surface area contributed by atoms with E-state index in [1.165, 1.54) is 43.5 Å². The molecule has 6 aromatic rings. The second-order valence-corrected chi connectivity index (χ2v) is 12.0. The van der Waals surface area contributed by atoms with Crippen molar-refractivity contribution >= 4 is 28.5 Å². The maximum Gasteiger partial charge on any atom is 0.0711 e. The predicted molar refractivity (Wildman–Crippen MR) is 182 cm³/mol. The highest BCUT2D eigenvalue weighted by molar-refractivity contribution is 5.87. The molecule has 3 unspecified atom stereocenters. The van der Waals surface area contributed by atoms with Crippen molar-refractivity contribution in [2.24, 2.45) is 5.92 Å². The normalized spacial score (nSPS) is 19.1. The van der Waals surface area contributed by atoms with Gasteiger partial charge in [0.25, 0.3) is 0 Å². The summed E-state index contributed by atoms with van der Waals surface area (Å²) in [5.41, 5.74) is 9.37. The van der Waals surface area contributed by atoms with Crippen molar-refractivity contribution in [2.75, 3.05) is 0 Å². The minimum Gasteiger partial charge on any atom is -0.285 e. The lowest BCUT2D eigenvalue weighted by Crippen LogP contribution is -2.28. The van der Waals surface area contributed by atoms with Gasteiger partial charge in [-0.3, -0.25) is 10.1 Å². The number of benzene rings is 4. The summed E-state index contributed by atoms with van der Waals surface area (Å²) in [5.74, 6) is 0.901. The standard InChI is InChI=1S/C41H33N3/c1-27-19-33(38-25-42-43-26-38)17-18-39(27)34-12-6-11-32(20-34)37-23-40(35-15-13-28-7-2-4-9-30(28)21-35)44-41(24-37)36-16-14-29-8-3-5-10-31(29)22-36/h2-15,17-27,36,39H,16H2,1H3,(H,42,43). The molecule has 8 rings (SSSR count). The smallest absolute Gasteiger partial charge is 0.0711 e. The molecule has 2 heterocycles. The van der Waals surface area contributed by atoms with Gasteiger partial charge in [0.1, 0.15) is 0 Å². The maximum atomic E-state index is 5.31. The molecule has 44 heavy (non-hydrogen) atoms. The van der Waals surface area contributed by atoms with Crippen LogP contribution in [0, 0.1) is 5.92 Å². The fourth-order valence-electron chi connectivity index (χ4n) is 6.76. The molecule has 0 radical (unpaired) electrons. The fraction of sp³-hybridized carbons (Fsp3) is 0.122. The maximum absolute atomic E-state index is 5.31. The van der Waals surface area contributed by atoms with Gasteiger partial charge in [0.2, 0.25) is 0 Å². The SMILES string of the molecule is CC1C=C(c2cn[nH]c2)C=CC1c1cccc(-c2cc(-c3ccc4ccccc4c3)nc(C3C=c4ccccc4=CC3)c2)c1. The molecule has 3 atom stereocenters. The number of allylic oxidation sites excluding steroid dienone is 4. The average molecular weight is 568 g/mol. The lowest BCUT2D eigenvalue weighted by atomic mass is 9.80. The van der Waals surface area contributed by atoms with E-state index < -0.39 is 0 Å². The molecule has 2 aliphatic carbocycles. The van der Waals surface area contributed by atoms with Gasteiger partial charge in [0.05, 0.1) is 11.9 Å². The van der Waals surface area contributed by atoms with Crippen LogP contribution in [0.15, 0.2) is 134 Å². The first kappa shape index (κ1) is 26.4. The Hall–Kier alpha value is -5.28. The van der Waals surface area contributed by atoms with Gasteiger partial charge in [-0.25, -0.2) is 0 Å². The van der Waals surface area contributed by atoms with Gasteiger partial charge >= 0.3 is 0 Å². The first-order valence-corrected chi connectivity index (χ1v) is 15.5. The van der Waals surface area contributed by atoms with Gasteiger partial charge < -0.3 is 0 Å². The molecule has 0 bridgehead atoms. The summed E-state index contributed by atoms with van der Waals surface area (Å²) in [7, 11) is 0. The van der Waals surface area contributed by atoms with Crippen molar-refractivity contribution in [3.8, 4) is 22.4 Å². The summed E-state index contributed by atoms with van der Waals surface area (Å²) in [4.78, 5) is 5.31. The molecule has 0 spiro atoms. The van der Waals surface area contributed by atoms with Crippen molar-refractivity contribution in [3.63, 3.8) is 0 Å². The van der Waals surface area contributed by atoms with Gasteiger partial charge in [-0.2, -0.15) is 5.10 Å². The Bertz CT molecular complexity index is 2190. The second-order valence-electron chi connectivity index (χ2n) is 12.0. The minimum atomic E-state index is 0.222. The number of fused-ring (bicyclic) bond motifs is 2. The molecular formula is C41H33N3. The molecule has 0 saturated carbocycles. The Labute approximate surface area is 257 Å². The van der Waals surface area contributed by atoms with E-state index in [4.69, 9.17) is 4.98 Å². The topological polar surface area (TPSA) is 41.6 Å². The molecule has 0 fully saturated rings. The van der Waals surface area contributed by atoms with Crippen LogP contribution in [0.25, 0.3) is 50.9 Å². The van der Waals surface area contributed by atoms with E-state index in [-0.39, 0.29) is 5.92 Å². The lowest BCUT2D eigenvalue weighted by Gasteiger charge is -2.24. The Morgan fingerprint density at radius 3 is 2.43 bits per heavy atom. The summed E-state index contributed by atoms with van der Waals surface area (Å²) < 4.78 is 0. The molecule has 3 heteroatoms. The van der Waals surface area contributed by atoms with Crippen molar-refractivity contribution < 1.29 is 0 Å². The van der Waals surface area contributed by atoms with Crippen LogP contribution in [0.5, 0.6) is 0 Å². The molecule has 0 amide bonds. The highest BCUT2D eigenvalue weighted by Gasteiger charge is 2.21. The highest BCUT2D eigenvalue weighted by atomic mass is 15.1. The predicted octanol–water partition coefficient (Wildman–Crippen LogP) is 8.41. The molecule has 3 nitrogen and oxygen atoms in total. The second kappa shape index (κ2) is 11.1. The average Bonchev–Trinajstić information content (AvgIpc) is 3.63. The quantitative estimate of drug-likeness (QED) is 0.227. The fourth-order valence-corrected chi connectivity index (χ4v) is 6.76. The van der Waals surface area contributed by atoms with Gasteiger partial charge in [-0.05, 0) is 74.0 Å². The van der Waals surface area contributed by atoms with E-state index in [0.717, 1.165) is 28.9 Å². The van der Waals surface area contributed by atoms with Crippen LogP contribution in [0.3, 0.4) is 0 Å². The van der Waals surface area contributed by atoms with Crippen LogP contribution in [-0.4, -0.2) is 15.2 Å². The van der Waals surface area contributed by atoms with Crippen molar-refractivity contribution in [1.82, 2.24) is 15.2 Å². The summed E-state index contributed by atoms with van der Waals surface area (Å²) in [6, 6.07) is 37.5. The molecule has 0 saturated heterocycles. The van der Waals surface area contributed by atoms with E-state index in [9.17, 15) is 0 Å². The van der Waals surface area contributed by atoms with Crippen LogP contribution in [-0.2, 0) is 0 Å². The number of rotatable bonds is 5. The lowest BCUT2D eigenvalue weighted by molar-refractivity contribution is 0.638. The molecule has 2 aliphatic rings. The van der Waals surface area contributed by atoms with E-state index in [0.29, 0.717) is 11.8 Å². The highest BCUT2D eigenvalue weighted by Crippen LogP contribution is 2.37. The van der Waals surface area contributed by atoms with Crippen LogP contribution in [0.2, 0.25) is 0 Å². The summed E-state index contributed by atoms with van der Waals surface area (Å²) >= 11 is 0. The first-order valence-electron chi connectivity index (χ1n) is 15.5. The zero-order chi connectivity index (χ0) is 29.5. The number of aromatic amines is 1. The van der Waals surface area contributed by atoms with Crippen LogP contribution >= 0.6 is 0 Å². The van der Waals surface area contributed by atoms with Crippen LogP contribution in [0.4, 0.5) is 0 Å². The molecule has 212 valence electrons. The molecule has 1 N–H and O–H groups in total. The Morgan fingerprint density at radius 2 is 1.57 bits per heavy atom. The number of H-pyrrole nitrogens is 1. The van der Waals surface area contributed by atoms with Gasteiger partial charge in [0.15, 0.2) is 0 Å². The van der Waals surface area contributed by atoms with Gasteiger partial charge in [0, 0.05) is 34.9 Å². The van der Waals surface area contributed by atoms with Crippen molar-refractivity contribution in [2.45, 2.75) is 25.2 Å². The molecule has 0 aliphatic heterocycles. The van der Waals surface area contributed by atoms with Gasteiger partial charge in [-0.1, -0.05) is 122 Å². The number of hydrogen-bond acceptors (Lipinski definition) is 2. The first-order chi connectivity index (χ1) is 21.7. The van der Waals surface area contributed by atoms with Crippen LogP contribution < -0.4 is 10.4 Å². The minimum absolute atomic E-state index is 0.222. The number of hydrogen-bond donors (Lipinski definition) is 1. The number of nitrogens with zero attached hydrogens (tertiary/aromatic N) is 2. The van der Waals surface area contributed by atoms with Crippen molar-refractivity contribution in [1.29, 1.82) is 0 Å². The third kappa shape index (κ3) is 5.01. The van der Waals surface area contributed by atoms with Crippen LogP contribution in [0.1, 0.15) is 42.0 Å². The summed E-state index contributed by atoms with van der Waals surface area (Å²) in [5, 5.41) is 12.1. The van der Waals surface area contributed by atoms with Crippen molar-refractivity contribution in [3.05, 3.63) is 161 Å². The summed E-state index contributed by atoms with van der Waals surface area (Å²) in [6.45, 7) is 2.30. The molecular weight excluding hydrogens is 534 g/mol. The monoisotopic (exact) mass is 567 g/mol. The Morgan fingerprint density at radius 1 is 0.705 bits per heavy atom. The zero-order valence-electron chi connectivity index (χ0n) is 24.7. The molecule has 4 aromatic carbocycles. The third-order valence-corrected chi connectivity index (χ3v) is 9.17. The van der Waals surface area contributed by atoms with Gasteiger partial charge in [-0.15, -0.1) is 0 Å². The number of nitrogens with one attached hydrogen (secondary N) is 1. The van der Waals surface area contributed by atoms with E-state index in [1.54, 1.807) is 0 Å². The van der Waals surface area contributed by atoms with E-state index >= 15 is 0 Å². The van der Waals surface area contributed by atoms with E-state index in [1.807, 2.05) is 12.4 Å². The third-order valence-electron chi connectivity index (χ3n) is 9.17. The summed E-state index contributed by atoms with van der Waals surface area (Å²) in [6.07, 6.45) is 16.5. The Balaban J connectivity index is 1.21. The Kier molecular flexibility index (Phi) is 6.64. The number of aromatic nitrogens is 3. The zero-order valence-corrected chi connectivity index (χ0v) is 24.7. The van der Waals surface area contributed by atoms with E-state index in [2.05, 4.69) is 151 Å². The molecule has 2 aromatic heterocycles.